The molecule has 0 atom stereocenters. The fraction of sp³-hybridized carbons (Fsp3) is 0.400. The quantitative estimate of drug-likeness (QED) is 0.106. The van der Waals surface area contributed by atoms with E-state index in [1.54, 1.807) is 21.2 Å². The molecule has 0 aliphatic rings. The molecule has 0 spiro atoms. The van der Waals surface area contributed by atoms with E-state index in [4.69, 9.17) is 0 Å². The number of hydrogen-bond donors (Lipinski definition) is 0. The molecule has 4 aromatic carbocycles. The van der Waals surface area contributed by atoms with Crippen LogP contribution in [0.1, 0.15) is 73.6 Å². The molecule has 0 saturated carbocycles. The summed E-state index contributed by atoms with van der Waals surface area (Å²) in [6.45, 7) is 14.7. The molecule has 0 nitrogen and oxygen atoms in total. The van der Waals surface area contributed by atoms with Crippen molar-refractivity contribution >= 4 is 35.7 Å². The molecule has 0 fully saturated rings. The maximum atomic E-state index is 2.50. The number of benzene rings is 4. The number of rotatable bonds is 13. The molecule has 0 N–H and O–H groups in total. The molecule has 0 radical (unpaired) electrons. The van der Waals surface area contributed by atoms with E-state index in [0.29, 0.717) is 5.41 Å². The van der Waals surface area contributed by atoms with Crippen LogP contribution >= 0.6 is 14.5 Å². The first-order valence-electron chi connectivity index (χ1n) is 16.3. The molecule has 0 amide bonds. The van der Waals surface area contributed by atoms with Gasteiger partial charge in [-0.05, 0) is 0 Å². The summed E-state index contributed by atoms with van der Waals surface area (Å²) in [5, 5.41) is 6.63. The molecule has 0 bridgehead atoms. The minimum atomic E-state index is -2.04. The van der Waals surface area contributed by atoms with Crippen LogP contribution < -0.4 is 21.2 Å². The Balaban J connectivity index is 1.66. The normalized spacial score (nSPS) is 13.6. The Hall–Kier alpha value is -2.26. The fourth-order valence-electron chi connectivity index (χ4n) is 7.42. The average Bonchev–Trinajstić information content (AvgIpc) is 2.99. The second-order valence-electron chi connectivity index (χ2n) is 14.7. The van der Waals surface area contributed by atoms with Gasteiger partial charge in [-0.25, -0.2) is 0 Å². The van der Waals surface area contributed by atoms with Crippen LogP contribution in [0.2, 0.25) is 0 Å². The van der Waals surface area contributed by atoms with Crippen LogP contribution in [0.3, 0.4) is 0 Å². The molecule has 4 rings (SSSR count). The third-order valence-electron chi connectivity index (χ3n) is 9.65. The van der Waals surface area contributed by atoms with Gasteiger partial charge < -0.3 is 0 Å². The molecule has 0 aliphatic carbocycles. The van der Waals surface area contributed by atoms with Crippen LogP contribution in [0.4, 0.5) is 0 Å². The van der Waals surface area contributed by atoms with Gasteiger partial charge in [-0.2, -0.15) is 0 Å². The van der Waals surface area contributed by atoms with Crippen molar-refractivity contribution in [3.8, 4) is 0 Å². The predicted octanol–water partition coefficient (Wildman–Crippen LogP) is 9.58. The monoisotopic (exact) mass is 598 g/mol. The van der Waals surface area contributed by atoms with Crippen LogP contribution in [0, 0.1) is 5.41 Å². The molecule has 4 aromatic rings. The first kappa shape index (κ1) is 32.6. The third-order valence-corrected chi connectivity index (χ3v) is 21.2. The molecule has 226 valence electrons. The van der Waals surface area contributed by atoms with E-state index < -0.39 is 14.5 Å². The summed E-state index contributed by atoms with van der Waals surface area (Å²) in [5.41, 5.74) is 0.402. The second kappa shape index (κ2) is 14.5. The van der Waals surface area contributed by atoms with Crippen molar-refractivity contribution in [2.75, 3.05) is 18.5 Å². The third kappa shape index (κ3) is 7.81. The summed E-state index contributed by atoms with van der Waals surface area (Å²) in [5.74, 6) is 0. The van der Waals surface area contributed by atoms with Crippen molar-refractivity contribution in [2.45, 2.75) is 78.8 Å². The summed E-state index contributed by atoms with van der Waals surface area (Å²) in [7, 11) is -3.97. The summed E-state index contributed by atoms with van der Waals surface area (Å²) in [6, 6.07) is 46.4. The summed E-state index contributed by atoms with van der Waals surface area (Å²) in [4.78, 5) is 0. The second-order valence-corrected chi connectivity index (χ2v) is 24.0. The predicted molar refractivity (Wildman–Crippen MR) is 198 cm³/mol. The van der Waals surface area contributed by atoms with Gasteiger partial charge in [0.15, 0.2) is 0 Å². The van der Waals surface area contributed by atoms with Gasteiger partial charge in [0.2, 0.25) is 0 Å². The Labute approximate surface area is 259 Å². The van der Waals surface area contributed by atoms with Crippen molar-refractivity contribution in [1.29, 1.82) is 0 Å². The maximum absolute atomic E-state index is 2.50. The van der Waals surface area contributed by atoms with Gasteiger partial charge in [0.25, 0.3) is 0 Å². The van der Waals surface area contributed by atoms with E-state index in [2.05, 4.69) is 163 Å². The van der Waals surface area contributed by atoms with Crippen molar-refractivity contribution < 1.29 is 0 Å². The molecular formula is C40H56P2. The van der Waals surface area contributed by atoms with Crippen molar-refractivity contribution in [2.24, 2.45) is 5.41 Å². The van der Waals surface area contributed by atoms with Crippen LogP contribution in [0.15, 0.2) is 121 Å². The van der Waals surface area contributed by atoms with Crippen molar-refractivity contribution in [3.05, 3.63) is 121 Å². The Morgan fingerprint density at radius 3 is 1.10 bits per heavy atom. The molecule has 0 unspecified atom stereocenters. The Bertz CT molecular complexity index is 1240. The van der Waals surface area contributed by atoms with E-state index in [1.165, 1.54) is 50.6 Å². The van der Waals surface area contributed by atoms with Crippen LogP contribution in [-0.4, -0.2) is 23.6 Å². The zero-order valence-electron chi connectivity index (χ0n) is 27.2. The van der Waals surface area contributed by atoms with Crippen LogP contribution in [-0.2, 0) is 0 Å². The van der Waals surface area contributed by atoms with Gasteiger partial charge in [0.05, 0.1) is 0 Å². The molecule has 0 heterocycles. The van der Waals surface area contributed by atoms with E-state index in [0.717, 1.165) is 0 Å². The van der Waals surface area contributed by atoms with E-state index in [-0.39, 0.29) is 5.16 Å². The first-order valence-corrected chi connectivity index (χ1v) is 20.9. The first-order chi connectivity index (χ1) is 20.1. The molecule has 42 heavy (non-hydrogen) atoms. The van der Waals surface area contributed by atoms with E-state index in [1.807, 2.05) is 0 Å². The van der Waals surface area contributed by atoms with Gasteiger partial charge in [0, 0.05) is 0 Å². The minimum absolute atomic E-state index is 0.218. The van der Waals surface area contributed by atoms with Gasteiger partial charge in [-0.3, -0.25) is 0 Å². The zero-order chi connectivity index (χ0) is 30.1. The zero-order valence-corrected chi connectivity index (χ0v) is 29.2. The Kier molecular flexibility index (Phi) is 11.3. The number of unbranched alkanes of at least 4 members (excludes halogenated alkanes) is 2. The van der Waals surface area contributed by atoms with Crippen molar-refractivity contribution in [3.63, 3.8) is 0 Å². The average molecular weight is 599 g/mol. The Morgan fingerprint density at radius 2 is 0.738 bits per heavy atom. The Morgan fingerprint density at radius 1 is 0.405 bits per heavy atom. The van der Waals surface area contributed by atoms with Gasteiger partial charge in [0.1, 0.15) is 0 Å². The molecule has 2 heteroatoms. The summed E-state index contributed by atoms with van der Waals surface area (Å²) >= 11 is 0. The van der Waals surface area contributed by atoms with Crippen molar-refractivity contribution in [1.82, 2.24) is 0 Å². The molecular weight excluding hydrogens is 542 g/mol. The van der Waals surface area contributed by atoms with Crippen LogP contribution in [0.25, 0.3) is 0 Å². The molecule has 0 aromatic heterocycles. The van der Waals surface area contributed by atoms with Gasteiger partial charge in [-0.1, -0.05) is 0 Å². The SMILES string of the molecule is CC(C)(C)CCCC[PH](CCCC[PH](c1ccccc1)(c1ccccc1)C(C)(C)C)(c1ccccc1)c1ccccc1. The topological polar surface area (TPSA) is 0 Å². The summed E-state index contributed by atoms with van der Waals surface area (Å²) < 4.78 is 0. The summed E-state index contributed by atoms with van der Waals surface area (Å²) in [6.07, 6.45) is 10.5. The van der Waals surface area contributed by atoms with Crippen LogP contribution in [0.5, 0.6) is 0 Å². The van der Waals surface area contributed by atoms with Gasteiger partial charge >= 0.3 is 260 Å². The van der Waals surface area contributed by atoms with E-state index in [9.17, 15) is 0 Å². The van der Waals surface area contributed by atoms with Gasteiger partial charge in [-0.15, -0.1) is 0 Å². The molecule has 0 aliphatic heterocycles. The molecule has 0 saturated heterocycles. The van der Waals surface area contributed by atoms with E-state index >= 15 is 0 Å². The standard InChI is InChI=1S/C40H56P2/c1-39(2,3)31-19-20-32-41(35-23-11-7-12-24-35,36-25-13-8-14-26-36)33-21-22-34-42(40(4,5)6,37-27-15-9-16-28-37)38-29-17-10-18-30-38/h7-18,23-30,41-42H,19-22,31-34H2,1-6H3. The fourth-order valence-corrected chi connectivity index (χ4v) is 18.2. The number of hydrogen-bond acceptors (Lipinski definition) is 0.